The number of nitrogens with zero attached hydrogens (tertiary/aromatic N) is 2. The fraction of sp³-hybridized carbons (Fsp3) is 0.643. The molecule has 96 valence electrons. The molecule has 3 heteroatoms. The summed E-state index contributed by atoms with van der Waals surface area (Å²) >= 11 is 0. The molecule has 1 aromatic rings. The maximum absolute atomic E-state index is 5.80. The lowest BCUT2D eigenvalue weighted by Gasteiger charge is -2.31. The Morgan fingerprint density at radius 3 is 2.35 bits per heavy atom. The Balaban J connectivity index is 3.11. The van der Waals surface area contributed by atoms with Crippen molar-refractivity contribution in [2.75, 3.05) is 11.4 Å². The monoisotopic (exact) mass is 235 g/mol. The summed E-state index contributed by atoms with van der Waals surface area (Å²) in [6.45, 7) is 12.4. The van der Waals surface area contributed by atoms with Crippen molar-refractivity contribution >= 4 is 5.82 Å². The van der Waals surface area contributed by atoms with Crippen LogP contribution in [0.1, 0.15) is 39.0 Å². The van der Waals surface area contributed by atoms with Crippen LogP contribution in [0.4, 0.5) is 5.82 Å². The van der Waals surface area contributed by atoms with E-state index in [2.05, 4.69) is 43.6 Å². The summed E-state index contributed by atoms with van der Waals surface area (Å²) in [5, 5.41) is 0. The summed E-state index contributed by atoms with van der Waals surface area (Å²) in [6.07, 6.45) is 0. The van der Waals surface area contributed by atoms with Crippen LogP contribution in [0.2, 0.25) is 0 Å². The van der Waals surface area contributed by atoms with Gasteiger partial charge in [0, 0.05) is 30.4 Å². The maximum atomic E-state index is 5.80. The van der Waals surface area contributed by atoms with E-state index in [0.29, 0.717) is 18.5 Å². The Hall–Kier alpha value is -1.09. The molecule has 0 aliphatic rings. The second-order valence-electron chi connectivity index (χ2n) is 5.28. The molecule has 0 unspecified atom stereocenters. The predicted octanol–water partition coefficient (Wildman–Crippen LogP) is 2.72. The highest BCUT2D eigenvalue weighted by molar-refractivity contribution is 5.48. The summed E-state index contributed by atoms with van der Waals surface area (Å²) in [6, 6.07) is 4.56. The lowest BCUT2D eigenvalue weighted by atomic mass is 10.1. The first-order valence-corrected chi connectivity index (χ1v) is 6.39. The van der Waals surface area contributed by atoms with Gasteiger partial charge in [0.1, 0.15) is 5.82 Å². The molecule has 0 amide bonds. The highest BCUT2D eigenvalue weighted by atomic mass is 15.2. The minimum absolute atomic E-state index is 0.442. The molecule has 0 radical (unpaired) electrons. The van der Waals surface area contributed by atoms with E-state index < -0.39 is 0 Å². The molecule has 0 spiro atoms. The molecule has 1 rings (SSSR count). The molecule has 1 heterocycles. The summed E-state index contributed by atoms with van der Waals surface area (Å²) in [5.41, 5.74) is 7.98. The van der Waals surface area contributed by atoms with E-state index in [0.717, 1.165) is 23.6 Å². The molecule has 0 aliphatic heterocycles. The molecule has 0 fully saturated rings. The zero-order valence-electron chi connectivity index (χ0n) is 11.7. The predicted molar refractivity (Wildman–Crippen MR) is 74.2 cm³/mol. The van der Waals surface area contributed by atoms with E-state index in [4.69, 9.17) is 5.73 Å². The average molecular weight is 235 g/mol. The van der Waals surface area contributed by atoms with Gasteiger partial charge in [0.25, 0.3) is 0 Å². The highest BCUT2D eigenvalue weighted by Crippen LogP contribution is 2.21. The summed E-state index contributed by atoms with van der Waals surface area (Å²) in [5.74, 6) is 1.67. The molecule has 0 saturated heterocycles. The van der Waals surface area contributed by atoms with Gasteiger partial charge in [-0.25, -0.2) is 4.98 Å². The van der Waals surface area contributed by atoms with Crippen LogP contribution >= 0.6 is 0 Å². The first-order chi connectivity index (χ1) is 7.95. The van der Waals surface area contributed by atoms with Gasteiger partial charge in [0.05, 0.1) is 0 Å². The normalized spacial score (nSPS) is 11.3. The number of hydrogen-bond acceptors (Lipinski definition) is 3. The molecule has 0 saturated carbocycles. The summed E-state index contributed by atoms with van der Waals surface area (Å²) in [4.78, 5) is 7.01. The lowest BCUT2D eigenvalue weighted by Crippen LogP contribution is -2.36. The standard InChI is InChI=1S/C14H25N3/c1-10(2)9-17(11(3)4)14-13(8-15)7-6-12(5)16-14/h6-7,10-11H,8-9,15H2,1-5H3. The van der Waals surface area contributed by atoms with Gasteiger partial charge in [0.15, 0.2) is 0 Å². The average Bonchev–Trinajstić information content (AvgIpc) is 2.25. The van der Waals surface area contributed by atoms with Crippen LogP contribution in [0.3, 0.4) is 0 Å². The van der Waals surface area contributed by atoms with Gasteiger partial charge in [-0.1, -0.05) is 19.9 Å². The minimum Gasteiger partial charge on any atom is -0.354 e. The quantitative estimate of drug-likeness (QED) is 0.853. The number of pyridine rings is 1. The van der Waals surface area contributed by atoms with Gasteiger partial charge in [-0.05, 0) is 32.8 Å². The maximum Gasteiger partial charge on any atom is 0.133 e. The van der Waals surface area contributed by atoms with Crippen LogP contribution in [-0.2, 0) is 6.54 Å². The first kappa shape index (κ1) is 14.0. The van der Waals surface area contributed by atoms with E-state index in [-0.39, 0.29) is 0 Å². The Kier molecular flexibility index (Phi) is 4.94. The Bertz CT molecular complexity index is 358. The first-order valence-electron chi connectivity index (χ1n) is 6.39. The third-order valence-corrected chi connectivity index (χ3v) is 2.77. The van der Waals surface area contributed by atoms with Crippen molar-refractivity contribution in [3.8, 4) is 0 Å². The third-order valence-electron chi connectivity index (χ3n) is 2.77. The van der Waals surface area contributed by atoms with Gasteiger partial charge < -0.3 is 10.6 Å². The minimum atomic E-state index is 0.442. The van der Waals surface area contributed by atoms with Crippen molar-refractivity contribution in [2.45, 2.75) is 47.2 Å². The fourth-order valence-electron chi connectivity index (χ4n) is 1.92. The zero-order valence-corrected chi connectivity index (χ0v) is 11.7. The molecular weight excluding hydrogens is 210 g/mol. The lowest BCUT2D eigenvalue weighted by molar-refractivity contribution is 0.563. The van der Waals surface area contributed by atoms with E-state index in [9.17, 15) is 0 Å². The number of nitrogens with two attached hydrogens (primary N) is 1. The second-order valence-corrected chi connectivity index (χ2v) is 5.28. The molecule has 0 aromatic carbocycles. The molecular formula is C14H25N3. The van der Waals surface area contributed by atoms with Crippen molar-refractivity contribution in [3.63, 3.8) is 0 Å². The molecule has 0 atom stereocenters. The fourth-order valence-corrected chi connectivity index (χ4v) is 1.92. The van der Waals surface area contributed by atoms with Crippen molar-refractivity contribution in [2.24, 2.45) is 11.7 Å². The molecule has 0 bridgehead atoms. The van der Waals surface area contributed by atoms with Gasteiger partial charge in [-0.3, -0.25) is 0 Å². The number of hydrogen-bond donors (Lipinski definition) is 1. The topological polar surface area (TPSA) is 42.1 Å². The van der Waals surface area contributed by atoms with Gasteiger partial charge in [-0.2, -0.15) is 0 Å². The number of anilines is 1. The van der Waals surface area contributed by atoms with Crippen molar-refractivity contribution < 1.29 is 0 Å². The second kappa shape index (κ2) is 6.01. The molecule has 1 aromatic heterocycles. The zero-order chi connectivity index (χ0) is 13.0. The Morgan fingerprint density at radius 1 is 1.24 bits per heavy atom. The molecule has 0 aliphatic carbocycles. The van der Waals surface area contributed by atoms with Gasteiger partial charge in [0.2, 0.25) is 0 Å². The third kappa shape index (κ3) is 3.70. The molecule has 2 N–H and O–H groups in total. The van der Waals surface area contributed by atoms with Crippen molar-refractivity contribution in [1.82, 2.24) is 4.98 Å². The number of aryl methyl sites for hydroxylation is 1. The van der Waals surface area contributed by atoms with E-state index in [1.807, 2.05) is 13.0 Å². The Labute approximate surface area is 105 Å². The van der Waals surface area contributed by atoms with Gasteiger partial charge >= 0.3 is 0 Å². The van der Waals surface area contributed by atoms with E-state index >= 15 is 0 Å². The Morgan fingerprint density at radius 2 is 1.88 bits per heavy atom. The smallest absolute Gasteiger partial charge is 0.133 e. The van der Waals surface area contributed by atoms with Crippen LogP contribution in [0.5, 0.6) is 0 Å². The van der Waals surface area contributed by atoms with E-state index in [1.54, 1.807) is 0 Å². The van der Waals surface area contributed by atoms with Gasteiger partial charge in [-0.15, -0.1) is 0 Å². The van der Waals surface area contributed by atoms with E-state index in [1.165, 1.54) is 0 Å². The largest absolute Gasteiger partial charge is 0.354 e. The van der Waals surface area contributed by atoms with Crippen LogP contribution < -0.4 is 10.6 Å². The van der Waals surface area contributed by atoms with Crippen molar-refractivity contribution in [3.05, 3.63) is 23.4 Å². The number of aromatic nitrogens is 1. The van der Waals surface area contributed by atoms with Crippen LogP contribution in [0.25, 0.3) is 0 Å². The highest BCUT2D eigenvalue weighted by Gasteiger charge is 2.16. The van der Waals surface area contributed by atoms with Crippen molar-refractivity contribution in [1.29, 1.82) is 0 Å². The number of rotatable bonds is 5. The molecule has 17 heavy (non-hydrogen) atoms. The van der Waals surface area contributed by atoms with Crippen LogP contribution in [0.15, 0.2) is 12.1 Å². The summed E-state index contributed by atoms with van der Waals surface area (Å²) in [7, 11) is 0. The molecule has 3 nitrogen and oxygen atoms in total. The van der Waals surface area contributed by atoms with Crippen LogP contribution in [-0.4, -0.2) is 17.6 Å². The SMILES string of the molecule is Cc1ccc(CN)c(N(CC(C)C)C(C)C)n1. The summed E-state index contributed by atoms with van der Waals surface area (Å²) < 4.78 is 0. The van der Waals surface area contributed by atoms with Crippen LogP contribution in [0, 0.1) is 12.8 Å².